The number of piperidine rings is 1. The smallest absolute Gasteiger partial charge is 0.262 e. The normalized spacial score (nSPS) is 16.5. The summed E-state index contributed by atoms with van der Waals surface area (Å²) in [4.78, 5) is 25.9. The molecule has 2 aliphatic heterocycles. The van der Waals surface area contributed by atoms with Crippen LogP contribution >= 0.6 is 15.9 Å². The van der Waals surface area contributed by atoms with E-state index in [-0.39, 0.29) is 35.6 Å². The van der Waals surface area contributed by atoms with Crippen LogP contribution in [0.25, 0.3) is 0 Å². The van der Waals surface area contributed by atoms with Crippen molar-refractivity contribution in [3.8, 4) is 11.5 Å². The number of fused-ring (bicyclic) bond motifs is 1. The number of halogens is 3. The second kappa shape index (κ2) is 8.59. The third-order valence-corrected chi connectivity index (χ3v) is 5.82. The topological polar surface area (TPSA) is 67.9 Å². The van der Waals surface area contributed by atoms with Crippen LogP contribution in [0.2, 0.25) is 0 Å². The van der Waals surface area contributed by atoms with Crippen LogP contribution in [0, 0.1) is 17.6 Å². The van der Waals surface area contributed by atoms with E-state index in [0.29, 0.717) is 48.4 Å². The molecule has 0 saturated carbocycles. The molecule has 2 amide bonds. The Morgan fingerprint density at radius 2 is 2.00 bits per heavy atom. The van der Waals surface area contributed by atoms with Gasteiger partial charge in [0.05, 0.1) is 22.3 Å². The number of benzene rings is 2. The van der Waals surface area contributed by atoms with E-state index >= 15 is 0 Å². The largest absolute Gasteiger partial charge is 0.492 e. The van der Waals surface area contributed by atoms with Crippen LogP contribution in [0.3, 0.4) is 0 Å². The number of likely N-dealkylation sites (tertiary alicyclic amines) is 1. The number of hydrogen-bond acceptors (Lipinski definition) is 4. The van der Waals surface area contributed by atoms with Crippen LogP contribution in [-0.2, 0) is 4.79 Å². The quantitative estimate of drug-likeness (QED) is 0.718. The van der Waals surface area contributed by atoms with Crippen LogP contribution in [0.15, 0.2) is 34.8 Å². The molecule has 158 valence electrons. The molecule has 0 atom stereocenters. The van der Waals surface area contributed by atoms with E-state index in [1.165, 1.54) is 18.2 Å². The van der Waals surface area contributed by atoms with Gasteiger partial charge in [-0.25, -0.2) is 8.78 Å². The molecular formula is C21H19BrF2N2O4. The lowest BCUT2D eigenvalue weighted by atomic mass is 9.97. The van der Waals surface area contributed by atoms with E-state index in [2.05, 4.69) is 21.2 Å². The fraction of sp³-hybridized carbons (Fsp3) is 0.333. The molecule has 9 heteroatoms. The molecule has 0 spiro atoms. The van der Waals surface area contributed by atoms with E-state index in [1.54, 1.807) is 11.0 Å². The molecule has 0 aliphatic carbocycles. The van der Waals surface area contributed by atoms with E-state index in [9.17, 15) is 18.4 Å². The zero-order valence-electron chi connectivity index (χ0n) is 15.9. The molecule has 0 aromatic heterocycles. The summed E-state index contributed by atoms with van der Waals surface area (Å²) in [7, 11) is 0. The number of hydrogen-bond donors (Lipinski definition) is 1. The highest BCUT2D eigenvalue weighted by Crippen LogP contribution is 2.32. The number of anilines is 1. The van der Waals surface area contributed by atoms with Crippen LogP contribution in [-0.4, -0.2) is 43.0 Å². The van der Waals surface area contributed by atoms with Crippen LogP contribution in [0.5, 0.6) is 11.5 Å². The van der Waals surface area contributed by atoms with Gasteiger partial charge in [-0.2, -0.15) is 0 Å². The van der Waals surface area contributed by atoms with E-state index in [1.807, 2.05) is 0 Å². The zero-order chi connectivity index (χ0) is 21.3. The number of carbonyl (C=O) groups is 2. The van der Waals surface area contributed by atoms with Crippen molar-refractivity contribution in [1.82, 2.24) is 4.90 Å². The summed E-state index contributed by atoms with van der Waals surface area (Å²) >= 11 is 3.27. The Bertz CT molecular complexity index is 993. The van der Waals surface area contributed by atoms with Crippen molar-refractivity contribution in [2.45, 2.75) is 12.8 Å². The number of amides is 2. The summed E-state index contributed by atoms with van der Waals surface area (Å²) in [5, 5.41) is 2.59. The zero-order valence-corrected chi connectivity index (χ0v) is 17.5. The van der Waals surface area contributed by atoms with Gasteiger partial charge >= 0.3 is 0 Å². The first-order valence-electron chi connectivity index (χ1n) is 9.54. The number of rotatable bonds is 4. The van der Waals surface area contributed by atoms with Gasteiger partial charge in [0, 0.05) is 19.2 Å². The molecule has 4 rings (SSSR count). The van der Waals surface area contributed by atoms with Gasteiger partial charge in [-0.05, 0) is 59.0 Å². The Hall–Kier alpha value is -2.68. The minimum absolute atomic E-state index is 0.0931. The van der Waals surface area contributed by atoms with Gasteiger partial charge < -0.3 is 19.7 Å². The molecule has 2 aromatic rings. The SMILES string of the molecule is O=C1COc2cc(F)c(C(=O)N3CCC(COc4ccc(F)cc4Br)CC3)cc2N1. The van der Waals surface area contributed by atoms with Gasteiger partial charge in [-0.3, -0.25) is 9.59 Å². The van der Waals surface area contributed by atoms with Crippen molar-refractivity contribution in [2.75, 3.05) is 31.6 Å². The third kappa shape index (κ3) is 4.40. The average molecular weight is 481 g/mol. The first kappa shape index (κ1) is 20.6. The Morgan fingerprint density at radius 3 is 2.73 bits per heavy atom. The molecule has 0 radical (unpaired) electrons. The summed E-state index contributed by atoms with van der Waals surface area (Å²) < 4.78 is 39.1. The molecule has 0 unspecified atom stereocenters. The minimum Gasteiger partial charge on any atom is -0.492 e. The number of carbonyl (C=O) groups excluding carboxylic acids is 2. The third-order valence-electron chi connectivity index (χ3n) is 5.20. The molecule has 1 saturated heterocycles. The maximum Gasteiger partial charge on any atom is 0.262 e. The average Bonchev–Trinajstić information content (AvgIpc) is 2.73. The molecule has 30 heavy (non-hydrogen) atoms. The second-order valence-electron chi connectivity index (χ2n) is 7.29. The lowest BCUT2D eigenvalue weighted by Crippen LogP contribution is -2.40. The first-order valence-corrected chi connectivity index (χ1v) is 10.3. The van der Waals surface area contributed by atoms with E-state index < -0.39 is 11.7 Å². The second-order valence-corrected chi connectivity index (χ2v) is 8.14. The first-order chi connectivity index (χ1) is 14.4. The van der Waals surface area contributed by atoms with Gasteiger partial charge in [0.15, 0.2) is 6.61 Å². The van der Waals surface area contributed by atoms with Gasteiger partial charge in [0.1, 0.15) is 23.1 Å². The van der Waals surface area contributed by atoms with Crippen molar-refractivity contribution in [2.24, 2.45) is 5.92 Å². The molecule has 6 nitrogen and oxygen atoms in total. The Morgan fingerprint density at radius 1 is 1.23 bits per heavy atom. The number of ether oxygens (including phenoxy) is 2. The summed E-state index contributed by atoms with van der Waals surface area (Å²) in [6, 6.07) is 6.70. The highest BCUT2D eigenvalue weighted by Gasteiger charge is 2.28. The molecule has 1 fully saturated rings. The lowest BCUT2D eigenvalue weighted by Gasteiger charge is -2.32. The fourth-order valence-electron chi connectivity index (χ4n) is 3.54. The van der Waals surface area contributed by atoms with Crippen LogP contribution < -0.4 is 14.8 Å². The van der Waals surface area contributed by atoms with E-state index in [4.69, 9.17) is 9.47 Å². The molecule has 2 aliphatic rings. The molecular weight excluding hydrogens is 462 g/mol. The van der Waals surface area contributed by atoms with Crippen molar-refractivity contribution in [3.63, 3.8) is 0 Å². The molecule has 2 heterocycles. The maximum atomic E-state index is 14.4. The highest BCUT2D eigenvalue weighted by molar-refractivity contribution is 9.10. The van der Waals surface area contributed by atoms with Gasteiger partial charge in [0.2, 0.25) is 0 Å². The Balaban J connectivity index is 1.35. The summed E-state index contributed by atoms with van der Waals surface area (Å²) in [6.07, 6.45) is 1.41. The molecule has 1 N–H and O–H groups in total. The number of nitrogens with one attached hydrogen (secondary N) is 1. The molecule has 0 bridgehead atoms. The van der Waals surface area contributed by atoms with Crippen LogP contribution in [0.4, 0.5) is 14.5 Å². The number of nitrogens with zero attached hydrogens (tertiary/aromatic N) is 1. The summed E-state index contributed by atoms with van der Waals surface area (Å²) in [5.41, 5.74) is 0.202. The van der Waals surface area contributed by atoms with Crippen molar-refractivity contribution < 1.29 is 27.8 Å². The van der Waals surface area contributed by atoms with Gasteiger partial charge in [-0.15, -0.1) is 0 Å². The maximum absolute atomic E-state index is 14.4. The van der Waals surface area contributed by atoms with Crippen molar-refractivity contribution >= 4 is 33.4 Å². The monoisotopic (exact) mass is 480 g/mol. The van der Waals surface area contributed by atoms with Crippen molar-refractivity contribution in [3.05, 3.63) is 52.0 Å². The Labute approximate surface area is 180 Å². The Kier molecular flexibility index (Phi) is 5.90. The lowest BCUT2D eigenvalue weighted by molar-refractivity contribution is -0.118. The highest BCUT2D eigenvalue weighted by atomic mass is 79.9. The summed E-state index contributed by atoms with van der Waals surface area (Å²) in [5.74, 6) is -0.784. The fourth-order valence-corrected chi connectivity index (χ4v) is 4.00. The van der Waals surface area contributed by atoms with Gasteiger partial charge in [-0.1, -0.05) is 0 Å². The van der Waals surface area contributed by atoms with Gasteiger partial charge in [0.25, 0.3) is 11.8 Å². The predicted octanol–water partition coefficient (Wildman–Crippen LogP) is 3.99. The summed E-state index contributed by atoms with van der Waals surface area (Å²) in [6.45, 7) is 1.21. The predicted molar refractivity (Wildman–Crippen MR) is 109 cm³/mol. The van der Waals surface area contributed by atoms with Crippen LogP contribution in [0.1, 0.15) is 23.2 Å². The standard InChI is InChI=1S/C21H19BrF2N2O4/c22-15-7-13(23)1-2-18(15)29-10-12-3-5-26(6-4-12)21(28)14-8-17-19(9-16(14)24)30-11-20(27)25-17/h1-2,7-9,12H,3-6,10-11H2,(H,25,27). The van der Waals surface area contributed by atoms with Crippen molar-refractivity contribution in [1.29, 1.82) is 0 Å². The van der Waals surface area contributed by atoms with E-state index in [0.717, 1.165) is 6.07 Å². The minimum atomic E-state index is -0.679. The molecule has 2 aromatic carbocycles.